The zero-order valence-electron chi connectivity index (χ0n) is 36.0. The number of likely N-dealkylation sites (tertiary alicyclic amines) is 2. The summed E-state index contributed by atoms with van der Waals surface area (Å²) in [6.45, 7) is 13.1. The Kier molecular flexibility index (Phi) is 17.1. The zero-order valence-corrected chi connectivity index (χ0v) is 36.0. The summed E-state index contributed by atoms with van der Waals surface area (Å²) in [4.78, 5) is 54.4. The van der Waals surface area contributed by atoms with Gasteiger partial charge in [0.15, 0.2) is 0 Å². The van der Waals surface area contributed by atoms with E-state index in [0.717, 1.165) is 44.3 Å². The van der Waals surface area contributed by atoms with Gasteiger partial charge in [0, 0.05) is 56.4 Å². The van der Waals surface area contributed by atoms with Gasteiger partial charge in [0.05, 0.1) is 14.2 Å². The number of amides is 4. The van der Waals surface area contributed by atoms with Gasteiger partial charge in [-0.25, -0.2) is 9.59 Å². The Morgan fingerprint density at radius 1 is 0.702 bits per heavy atom. The second-order valence-corrected chi connectivity index (χ2v) is 18.1. The molecule has 2 aliphatic heterocycles. The molecule has 0 unspecified atom stereocenters. The predicted octanol–water partition coefficient (Wildman–Crippen LogP) is 5.89. The number of rotatable bonds is 11. The van der Waals surface area contributed by atoms with Gasteiger partial charge in [-0.3, -0.25) is 9.59 Å². The number of nitrogens with zero attached hydrogens (tertiary/aromatic N) is 2. The number of hydrogen-bond acceptors (Lipinski definition) is 10. The molecule has 1 aromatic rings. The van der Waals surface area contributed by atoms with Crippen LogP contribution in [0.15, 0.2) is 18.2 Å². The summed E-state index contributed by atoms with van der Waals surface area (Å²) in [6.07, 6.45) is 12.9. The van der Waals surface area contributed by atoms with E-state index < -0.39 is 35.5 Å². The Morgan fingerprint density at radius 2 is 1.19 bits per heavy atom. The second-order valence-electron chi connectivity index (χ2n) is 18.1. The predicted molar refractivity (Wildman–Crippen MR) is 220 cm³/mol. The van der Waals surface area contributed by atoms with Gasteiger partial charge >= 0.3 is 12.2 Å². The molecule has 6 atom stereocenters. The molecule has 0 aromatic heterocycles. The van der Waals surface area contributed by atoms with E-state index in [-0.39, 0.29) is 24.9 Å². The van der Waals surface area contributed by atoms with Crippen LogP contribution >= 0.6 is 0 Å². The van der Waals surface area contributed by atoms with Crippen LogP contribution in [0.2, 0.25) is 0 Å². The van der Waals surface area contributed by atoms with E-state index in [4.69, 9.17) is 24.7 Å². The number of fused-ring (bicyclic) bond motifs is 2. The fourth-order valence-electron chi connectivity index (χ4n) is 8.78. The molecule has 0 spiro atoms. The van der Waals surface area contributed by atoms with Crippen molar-refractivity contribution in [2.75, 3.05) is 40.4 Å². The molecule has 4 fully saturated rings. The first-order valence-corrected chi connectivity index (χ1v) is 21.2. The first-order valence-electron chi connectivity index (χ1n) is 21.2. The van der Waals surface area contributed by atoms with E-state index >= 15 is 0 Å². The number of carbonyl (C=O) groups excluding carboxylic acids is 4. The van der Waals surface area contributed by atoms with Crippen LogP contribution in [0.1, 0.15) is 124 Å². The van der Waals surface area contributed by atoms with Crippen LogP contribution < -0.4 is 31.2 Å². The van der Waals surface area contributed by atoms with Crippen molar-refractivity contribution in [2.45, 2.75) is 161 Å². The fraction of sp³-hybridized carbons (Fsp3) is 0.767. The Balaban J connectivity index is 0.000000273. The summed E-state index contributed by atoms with van der Waals surface area (Å²) in [5, 5.41) is 8.77. The smallest absolute Gasteiger partial charge is 0.407 e. The van der Waals surface area contributed by atoms with Crippen molar-refractivity contribution in [1.29, 1.82) is 0 Å². The second kappa shape index (κ2) is 21.3. The lowest BCUT2D eigenvalue weighted by Gasteiger charge is -2.45. The van der Waals surface area contributed by atoms with Crippen LogP contribution in [0.25, 0.3) is 0 Å². The summed E-state index contributed by atoms with van der Waals surface area (Å²) < 4.78 is 21.4. The van der Waals surface area contributed by atoms with E-state index in [1.54, 1.807) is 35.0 Å². The number of nitrogens with one attached hydrogen (secondary N) is 3. The van der Waals surface area contributed by atoms with Gasteiger partial charge in [-0.1, -0.05) is 31.7 Å². The molecule has 4 amide bonds. The van der Waals surface area contributed by atoms with Crippen LogP contribution in [0, 0.1) is 11.8 Å². The standard InChI is InChI=1S/C26H41N3O5.C17H31N3O3/c1-26(2,3)34-25(31)28-17-21(27-16-19-12-13-20(32-4)15-23(19)33-5)24(30)29-14-8-10-18-9-6-7-11-22(18)29;1-17(2,3)23-16(22)19-11-13(18)15(21)20-10-6-8-12-7-4-5-9-14(12)20/h12-13,15,18,21-22,27H,6-11,14,16-17H2,1-5H3,(H,28,31);12-14H,4-11,18H2,1-3H3,(H,19,22)/t18-,21-,22+;12-,13-,14+/m11/s1. The van der Waals surface area contributed by atoms with E-state index in [2.05, 4.69) is 20.9 Å². The molecule has 2 saturated heterocycles. The lowest BCUT2D eigenvalue weighted by atomic mass is 9.78. The third-order valence-corrected chi connectivity index (χ3v) is 11.4. The number of hydrogen-bond donors (Lipinski definition) is 4. The monoisotopic (exact) mass is 801 g/mol. The van der Waals surface area contributed by atoms with Crippen molar-refractivity contribution in [3.63, 3.8) is 0 Å². The topological polar surface area (TPSA) is 174 Å². The van der Waals surface area contributed by atoms with E-state index in [1.807, 2.05) is 43.9 Å². The van der Waals surface area contributed by atoms with Crippen molar-refractivity contribution >= 4 is 24.0 Å². The van der Waals surface area contributed by atoms with Crippen LogP contribution in [0.5, 0.6) is 11.5 Å². The van der Waals surface area contributed by atoms with Gasteiger partial charge in [0.1, 0.15) is 34.8 Å². The minimum absolute atomic E-state index is 0.0418. The van der Waals surface area contributed by atoms with E-state index in [9.17, 15) is 19.2 Å². The summed E-state index contributed by atoms with van der Waals surface area (Å²) in [5.41, 5.74) is 5.77. The molecule has 57 heavy (non-hydrogen) atoms. The quantitative estimate of drug-likeness (QED) is 0.212. The summed E-state index contributed by atoms with van der Waals surface area (Å²) >= 11 is 0. The molecule has 322 valence electrons. The highest BCUT2D eigenvalue weighted by atomic mass is 16.6. The molecule has 5 rings (SSSR count). The SMILES string of the molecule is CC(C)(C)OC(=O)NC[C@@H](N)C(=O)N1CCC[C@H]2CCCC[C@@H]21.COc1ccc(CN[C@H](CNC(=O)OC(C)(C)C)C(=O)N2CCC[C@H]3CCCC[C@@H]32)c(OC)c1. The average Bonchev–Trinajstić information content (AvgIpc) is 3.17. The van der Waals surface area contributed by atoms with Crippen molar-refractivity contribution in [3.05, 3.63) is 23.8 Å². The largest absolute Gasteiger partial charge is 0.497 e. The fourth-order valence-corrected chi connectivity index (χ4v) is 8.78. The molecule has 14 heteroatoms. The molecule has 5 N–H and O–H groups in total. The Labute approximate surface area is 341 Å². The Morgan fingerprint density at radius 3 is 1.70 bits per heavy atom. The van der Waals surface area contributed by atoms with Crippen LogP contribution in [0.4, 0.5) is 9.59 Å². The van der Waals surface area contributed by atoms with Crippen LogP contribution in [-0.2, 0) is 25.6 Å². The highest BCUT2D eigenvalue weighted by Crippen LogP contribution is 2.37. The van der Waals surface area contributed by atoms with Gasteiger partial charge in [0.2, 0.25) is 11.8 Å². The molecule has 2 aliphatic carbocycles. The van der Waals surface area contributed by atoms with Crippen LogP contribution in [0.3, 0.4) is 0 Å². The normalized spacial score (nSPS) is 23.2. The maximum absolute atomic E-state index is 13.7. The van der Waals surface area contributed by atoms with Crippen molar-refractivity contribution in [1.82, 2.24) is 25.8 Å². The molecular weight excluding hydrogens is 729 g/mol. The molecule has 14 nitrogen and oxygen atoms in total. The number of carbonyl (C=O) groups is 4. The Hall–Kier alpha value is -3.78. The van der Waals surface area contributed by atoms with Crippen molar-refractivity contribution in [2.24, 2.45) is 17.6 Å². The maximum Gasteiger partial charge on any atom is 0.407 e. The van der Waals surface area contributed by atoms with Gasteiger partial charge < -0.3 is 50.4 Å². The van der Waals surface area contributed by atoms with Gasteiger partial charge in [-0.05, 0) is 111 Å². The molecule has 0 radical (unpaired) electrons. The number of alkyl carbamates (subject to hydrolysis) is 2. The molecule has 1 aromatic carbocycles. The minimum Gasteiger partial charge on any atom is -0.497 e. The van der Waals surface area contributed by atoms with E-state index in [0.29, 0.717) is 42.0 Å². The first-order chi connectivity index (χ1) is 27.0. The maximum atomic E-state index is 13.7. The van der Waals surface area contributed by atoms with Crippen LogP contribution in [-0.4, -0.2) is 110 Å². The highest BCUT2D eigenvalue weighted by Gasteiger charge is 2.39. The lowest BCUT2D eigenvalue weighted by molar-refractivity contribution is -0.140. The molecule has 0 bridgehead atoms. The number of methoxy groups -OCH3 is 2. The van der Waals surface area contributed by atoms with Gasteiger partial charge in [-0.15, -0.1) is 0 Å². The van der Waals surface area contributed by atoms with E-state index in [1.165, 1.54) is 51.4 Å². The minimum atomic E-state index is -0.705. The number of benzene rings is 1. The lowest BCUT2D eigenvalue weighted by Crippen LogP contribution is -2.58. The number of piperidine rings is 2. The highest BCUT2D eigenvalue weighted by molar-refractivity contribution is 5.84. The number of nitrogens with two attached hydrogens (primary N) is 1. The van der Waals surface area contributed by atoms with Crippen molar-refractivity contribution in [3.8, 4) is 11.5 Å². The third-order valence-electron chi connectivity index (χ3n) is 11.4. The zero-order chi connectivity index (χ0) is 41.8. The molecular formula is C43H72N6O8. The summed E-state index contributed by atoms with van der Waals surface area (Å²) in [5.74, 6) is 2.61. The molecule has 4 aliphatic rings. The summed E-state index contributed by atoms with van der Waals surface area (Å²) in [6, 6.07) is 4.99. The molecule has 2 saturated carbocycles. The summed E-state index contributed by atoms with van der Waals surface area (Å²) in [7, 11) is 3.22. The average molecular weight is 801 g/mol. The van der Waals surface area contributed by atoms with Crippen molar-refractivity contribution < 1.29 is 38.1 Å². The first kappa shape index (κ1) is 45.9. The molecule has 2 heterocycles. The van der Waals surface area contributed by atoms with Gasteiger partial charge in [-0.2, -0.15) is 0 Å². The number of ether oxygens (including phenoxy) is 4. The Bertz CT molecular complexity index is 1470. The third kappa shape index (κ3) is 14.2. The van der Waals surface area contributed by atoms with Gasteiger partial charge in [0.25, 0.3) is 0 Å².